The predicted octanol–water partition coefficient (Wildman–Crippen LogP) is 3.38. The Labute approximate surface area is 137 Å². The van der Waals surface area contributed by atoms with Crippen LogP contribution in [0.25, 0.3) is 0 Å². The topological polar surface area (TPSA) is 50.4 Å². The largest absolute Gasteiger partial charge is 0.497 e. The van der Waals surface area contributed by atoms with Crippen molar-refractivity contribution in [3.8, 4) is 5.75 Å². The van der Waals surface area contributed by atoms with Crippen LogP contribution in [-0.2, 0) is 17.8 Å². The van der Waals surface area contributed by atoms with Crippen LogP contribution >= 0.6 is 0 Å². The first kappa shape index (κ1) is 17.0. The number of anilines is 1. The van der Waals surface area contributed by atoms with Gasteiger partial charge in [-0.25, -0.2) is 0 Å². The van der Waals surface area contributed by atoms with Crippen LogP contribution in [0.15, 0.2) is 48.5 Å². The molecule has 2 aromatic rings. The third-order valence-electron chi connectivity index (χ3n) is 3.66. The van der Waals surface area contributed by atoms with E-state index in [-0.39, 0.29) is 5.91 Å². The zero-order chi connectivity index (χ0) is 16.5. The fourth-order valence-corrected chi connectivity index (χ4v) is 2.32. The van der Waals surface area contributed by atoms with E-state index in [0.29, 0.717) is 12.8 Å². The molecule has 0 saturated carbocycles. The maximum absolute atomic E-state index is 12.2. The average Bonchev–Trinajstić information content (AvgIpc) is 2.59. The summed E-state index contributed by atoms with van der Waals surface area (Å²) in [6, 6.07) is 15.7. The Morgan fingerprint density at radius 2 is 1.83 bits per heavy atom. The molecular weight excluding hydrogens is 288 g/mol. The first-order valence-electron chi connectivity index (χ1n) is 7.94. The summed E-state index contributed by atoms with van der Waals surface area (Å²) in [7, 11) is 1.65. The molecule has 2 N–H and O–H groups in total. The lowest BCUT2D eigenvalue weighted by Gasteiger charge is -2.11. The van der Waals surface area contributed by atoms with Gasteiger partial charge in [0.1, 0.15) is 5.75 Å². The summed E-state index contributed by atoms with van der Waals surface area (Å²) in [5.41, 5.74) is 3.11. The van der Waals surface area contributed by atoms with Gasteiger partial charge in [-0.05, 0) is 42.3 Å². The van der Waals surface area contributed by atoms with Gasteiger partial charge in [-0.1, -0.05) is 37.3 Å². The van der Waals surface area contributed by atoms with Crippen molar-refractivity contribution in [1.29, 1.82) is 0 Å². The van der Waals surface area contributed by atoms with E-state index in [2.05, 4.69) is 17.6 Å². The number of nitrogens with one attached hydrogen (secondary N) is 2. The number of aryl methyl sites for hydroxylation is 1. The van der Waals surface area contributed by atoms with Crippen molar-refractivity contribution < 1.29 is 9.53 Å². The van der Waals surface area contributed by atoms with Gasteiger partial charge < -0.3 is 15.4 Å². The van der Waals surface area contributed by atoms with E-state index < -0.39 is 0 Å². The van der Waals surface area contributed by atoms with E-state index in [1.165, 1.54) is 0 Å². The molecule has 0 saturated heterocycles. The van der Waals surface area contributed by atoms with E-state index in [4.69, 9.17) is 4.74 Å². The molecule has 0 aliphatic carbocycles. The van der Waals surface area contributed by atoms with E-state index in [1.54, 1.807) is 7.11 Å². The van der Waals surface area contributed by atoms with Gasteiger partial charge in [-0.2, -0.15) is 0 Å². The smallest absolute Gasteiger partial charge is 0.224 e. The van der Waals surface area contributed by atoms with Crippen molar-refractivity contribution in [3.05, 3.63) is 59.7 Å². The fourth-order valence-electron chi connectivity index (χ4n) is 2.32. The Bertz CT molecular complexity index is 624. The van der Waals surface area contributed by atoms with Crippen LogP contribution in [0.3, 0.4) is 0 Å². The minimum atomic E-state index is 0.0322. The molecule has 0 bridgehead atoms. The number of para-hydroxylation sites is 1. The number of carbonyl (C=O) groups excluding carboxylic acids is 1. The van der Waals surface area contributed by atoms with Gasteiger partial charge in [0.05, 0.1) is 7.11 Å². The van der Waals surface area contributed by atoms with Crippen LogP contribution in [0, 0.1) is 0 Å². The molecule has 122 valence electrons. The van der Waals surface area contributed by atoms with Crippen LogP contribution in [0.1, 0.15) is 24.5 Å². The maximum atomic E-state index is 12.2. The van der Waals surface area contributed by atoms with Crippen LogP contribution in [0.2, 0.25) is 0 Å². The third kappa shape index (κ3) is 5.42. The molecule has 0 heterocycles. The number of carbonyl (C=O) groups is 1. The highest BCUT2D eigenvalue weighted by atomic mass is 16.5. The van der Waals surface area contributed by atoms with Crippen molar-refractivity contribution in [2.24, 2.45) is 0 Å². The highest BCUT2D eigenvalue weighted by Crippen LogP contribution is 2.16. The van der Waals surface area contributed by atoms with E-state index in [1.807, 2.05) is 48.5 Å². The van der Waals surface area contributed by atoms with Crippen molar-refractivity contribution >= 4 is 11.6 Å². The van der Waals surface area contributed by atoms with Crippen molar-refractivity contribution in [1.82, 2.24) is 5.32 Å². The number of hydrogen-bond acceptors (Lipinski definition) is 3. The molecule has 4 heteroatoms. The Kier molecular flexibility index (Phi) is 6.63. The first-order valence-corrected chi connectivity index (χ1v) is 7.94. The molecule has 0 aromatic heterocycles. The van der Waals surface area contributed by atoms with Gasteiger partial charge in [-0.15, -0.1) is 0 Å². The molecule has 2 aromatic carbocycles. The van der Waals surface area contributed by atoms with Gasteiger partial charge in [-0.3, -0.25) is 4.79 Å². The highest BCUT2D eigenvalue weighted by molar-refractivity contribution is 5.91. The van der Waals surface area contributed by atoms with Gasteiger partial charge in [0.2, 0.25) is 5.91 Å². The molecule has 0 fully saturated rings. The molecule has 0 aliphatic heterocycles. The average molecular weight is 312 g/mol. The lowest BCUT2D eigenvalue weighted by Crippen LogP contribution is -2.17. The van der Waals surface area contributed by atoms with E-state index in [9.17, 15) is 4.79 Å². The summed E-state index contributed by atoms with van der Waals surface area (Å²) in [5, 5.41) is 6.29. The SMILES string of the molecule is CCNCc1ccccc1NC(=O)CCc1ccc(OC)cc1. The molecule has 23 heavy (non-hydrogen) atoms. The second kappa shape index (κ2) is 8.96. The Balaban J connectivity index is 1.89. The molecular formula is C19H24N2O2. The molecule has 0 unspecified atom stereocenters. The zero-order valence-electron chi connectivity index (χ0n) is 13.8. The van der Waals surface area contributed by atoms with Crippen molar-refractivity contribution in [3.63, 3.8) is 0 Å². The number of amides is 1. The number of hydrogen-bond donors (Lipinski definition) is 2. The standard InChI is InChI=1S/C19H24N2O2/c1-3-20-14-16-6-4-5-7-18(16)21-19(22)13-10-15-8-11-17(23-2)12-9-15/h4-9,11-12,20H,3,10,13-14H2,1-2H3,(H,21,22). The number of methoxy groups -OCH3 is 1. The molecule has 0 aliphatic rings. The maximum Gasteiger partial charge on any atom is 0.224 e. The molecule has 0 radical (unpaired) electrons. The molecule has 2 rings (SSSR count). The Morgan fingerprint density at radius 3 is 2.52 bits per heavy atom. The quantitative estimate of drug-likeness (QED) is 0.785. The Hall–Kier alpha value is -2.33. The van der Waals surface area contributed by atoms with Crippen LogP contribution in [-0.4, -0.2) is 19.6 Å². The van der Waals surface area contributed by atoms with Gasteiger partial charge in [0, 0.05) is 18.7 Å². The summed E-state index contributed by atoms with van der Waals surface area (Å²) in [4.78, 5) is 12.2. The molecule has 4 nitrogen and oxygen atoms in total. The van der Waals surface area contributed by atoms with Crippen molar-refractivity contribution in [2.45, 2.75) is 26.3 Å². The lowest BCUT2D eigenvalue weighted by atomic mass is 10.1. The monoisotopic (exact) mass is 312 g/mol. The molecule has 1 amide bonds. The van der Waals surface area contributed by atoms with Gasteiger partial charge in [0.25, 0.3) is 0 Å². The number of benzene rings is 2. The fraction of sp³-hybridized carbons (Fsp3) is 0.316. The van der Waals surface area contributed by atoms with Gasteiger partial charge in [0.15, 0.2) is 0 Å². The van der Waals surface area contributed by atoms with E-state index >= 15 is 0 Å². The number of ether oxygens (including phenoxy) is 1. The second-order valence-electron chi connectivity index (χ2n) is 5.33. The number of rotatable bonds is 8. The predicted molar refractivity (Wildman–Crippen MR) is 93.8 cm³/mol. The Morgan fingerprint density at radius 1 is 1.09 bits per heavy atom. The third-order valence-corrected chi connectivity index (χ3v) is 3.66. The summed E-state index contributed by atoms with van der Waals surface area (Å²) >= 11 is 0. The lowest BCUT2D eigenvalue weighted by molar-refractivity contribution is -0.116. The van der Waals surface area contributed by atoms with Crippen molar-refractivity contribution in [2.75, 3.05) is 19.0 Å². The summed E-state index contributed by atoms with van der Waals surface area (Å²) < 4.78 is 5.13. The molecule has 0 spiro atoms. The summed E-state index contributed by atoms with van der Waals surface area (Å²) in [6.45, 7) is 3.72. The molecule has 0 atom stereocenters. The van der Waals surface area contributed by atoms with Crippen LogP contribution in [0.4, 0.5) is 5.69 Å². The van der Waals surface area contributed by atoms with E-state index in [0.717, 1.165) is 35.7 Å². The minimum Gasteiger partial charge on any atom is -0.497 e. The van der Waals surface area contributed by atoms with Crippen LogP contribution < -0.4 is 15.4 Å². The minimum absolute atomic E-state index is 0.0322. The summed E-state index contributed by atoms with van der Waals surface area (Å²) in [5.74, 6) is 0.861. The zero-order valence-corrected chi connectivity index (χ0v) is 13.8. The van der Waals surface area contributed by atoms with Gasteiger partial charge >= 0.3 is 0 Å². The normalized spacial score (nSPS) is 10.3. The highest BCUT2D eigenvalue weighted by Gasteiger charge is 2.07. The van der Waals surface area contributed by atoms with Crippen LogP contribution in [0.5, 0.6) is 5.75 Å². The second-order valence-corrected chi connectivity index (χ2v) is 5.33. The summed E-state index contributed by atoms with van der Waals surface area (Å²) in [6.07, 6.45) is 1.17. The first-order chi connectivity index (χ1) is 11.2.